The molecule has 11 heteroatoms. The Morgan fingerprint density at radius 2 is 2.19 bits per heavy atom. The van der Waals surface area contributed by atoms with Gasteiger partial charge in [0.2, 0.25) is 0 Å². The van der Waals surface area contributed by atoms with Crippen molar-refractivity contribution in [3.63, 3.8) is 0 Å². The summed E-state index contributed by atoms with van der Waals surface area (Å²) in [5.41, 5.74) is 4.07. The summed E-state index contributed by atoms with van der Waals surface area (Å²) in [5, 5.41) is 13.0. The number of rotatable bonds is 9. The predicted molar refractivity (Wildman–Crippen MR) is 124 cm³/mol. The van der Waals surface area contributed by atoms with Gasteiger partial charge < -0.3 is 14.0 Å². The maximum Gasteiger partial charge on any atom is 0.250 e. The maximum absolute atomic E-state index is 12.0. The summed E-state index contributed by atoms with van der Waals surface area (Å²) in [6.45, 7) is 0.293. The second kappa shape index (κ2) is 11.2. The molecule has 0 saturated carbocycles. The Balaban J connectivity index is 1.60. The summed E-state index contributed by atoms with van der Waals surface area (Å²) in [6.07, 6.45) is 3.10. The first-order valence-electron chi connectivity index (χ1n) is 9.00. The Morgan fingerprint density at radius 3 is 2.90 bits per heavy atom. The number of carbonyl (C=O) groups excluding carboxylic acids is 1. The van der Waals surface area contributed by atoms with E-state index >= 15 is 0 Å². The molecule has 0 fully saturated rings. The van der Waals surface area contributed by atoms with E-state index in [0.717, 1.165) is 11.1 Å². The third-order valence-electron chi connectivity index (χ3n) is 3.99. The second-order valence-corrected chi connectivity index (χ2v) is 8.42. The number of nitrogens with one attached hydrogen (secondary N) is 1. The highest BCUT2D eigenvalue weighted by molar-refractivity contribution is 9.10. The Morgan fingerprint density at radius 1 is 1.39 bits per heavy atom. The first kappa shape index (κ1) is 23.1. The zero-order valence-corrected chi connectivity index (χ0v) is 19.9. The number of halogens is 2. The summed E-state index contributed by atoms with van der Waals surface area (Å²) in [4.78, 5) is 12.0. The fourth-order valence-electron chi connectivity index (χ4n) is 2.46. The van der Waals surface area contributed by atoms with Crippen molar-refractivity contribution < 1.29 is 14.3 Å². The van der Waals surface area contributed by atoms with Gasteiger partial charge in [-0.2, -0.15) is 5.10 Å². The van der Waals surface area contributed by atoms with E-state index in [2.05, 4.69) is 36.7 Å². The molecule has 1 heterocycles. The van der Waals surface area contributed by atoms with E-state index in [-0.39, 0.29) is 11.7 Å². The zero-order valence-electron chi connectivity index (χ0n) is 16.7. The van der Waals surface area contributed by atoms with E-state index in [1.54, 1.807) is 24.1 Å². The van der Waals surface area contributed by atoms with Crippen LogP contribution in [0.15, 0.2) is 57.5 Å². The third-order valence-corrected chi connectivity index (χ3v) is 5.98. The van der Waals surface area contributed by atoms with E-state index in [9.17, 15) is 4.79 Å². The van der Waals surface area contributed by atoms with Crippen LogP contribution in [0.1, 0.15) is 11.1 Å². The van der Waals surface area contributed by atoms with Gasteiger partial charge in [0.05, 0.1) is 23.5 Å². The fourth-order valence-corrected chi connectivity index (χ4v) is 3.91. The Labute approximate surface area is 197 Å². The minimum Gasteiger partial charge on any atom is -0.493 e. The van der Waals surface area contributed by atoms with E-state index in [0.29, 0.717) is 32.8 Å². The molecule has 0 aliphatic carbocycles. The van der Waals surface area contributed by atoms with Crippen molar-refractivity contribution in [3.8, 4) is 11.5 Å². The third kappa shape index (κ3) is 6.46. The molecule has 8 nitrogen and oxygen atoms in total. The van der Waals surface area contributed by atoms with Crippen molar-refractivity contribution >= 4 is 51.4 Å². The van der Waals surface area contributed by atoms with Gasteiger partial charge >= 0.3 is 0 Å². The van der Waals surface area contributed by atoms with E-state index < -0.39 is 0 Å². The average molecular weight is 525 g/mol. The molecule has 0 bridgehead atoms. The van der Waals surface area contributed by atoms with Gasteiger partial charge in [0.15, 0.2) is 16.7 Å². The largest absolute Gasteiger partial charge is 0.493 e. The van der Waals surface area contributed by atoms with E-state index in [1.165, 1.54) is 18.0 Å². The average Bonchev–Trinajstić information content (AvgIpc) is 3.17. The van der Waals surface area contributed by atoms with Gasteiger partial charge in [-0.15, -0.1) is 10.2 Å². The number of carbonyl (C=O) groups is 1. The number of benzene rings is 2. The number of hydrogen-bond acceptors (Lipinski definition) is 7. The topological polar surface area (TPSA) is 90.6 Å². The highest BCUT2D eigenvalue weighted by Gasteiger charge is 2.12. The first-order chi connectivity index (χ1) is 15.0. The van der Waals surface area contributed by atoms with Gasteiger partial charge in [0.25, 0.3) is 5.91 Å². The quantitative estimate of drug-likeness (QED) is 0.258. The van der Waals surface area contributed by atoms with Crippen LogP contribution in [0.2, 0.25) is 5.02 Å². The lowest BCUT2D eigenvalue weighted by molar-refractivity contribution is -0.118. The number of hydrogen-bond donors (Lipinski definition) is 1. The molecule has 0 unspecified atom stereocenters. The highest BCUT2D eigenvalue weighted by atomic mass is 79.9. The standard InChI is InChI=1S/C20H19BrClN5O3S/c1-27-12-24-26-20(27)31-11-18(28)25-23-9-13-7-15(21)19(17(8-13)29-2)30-10-14-5-3-4-6-16(14)22/h3-9,12H,10-11H2,1-2H3,(H,25,28). The number of ether oxygens (including phenoxy) is 2. The number of hydrazone groups is 1. The number of methoxy groups -OCH3 is 1. The van der Waals surface area contributed by atoms with Crippen molar-refractivity contribution in [2.75, 3.05) is 12.9 Å². The fraction of sp³-hybridized carbons (Fsp3) is 0.200. The molecule has 2 aromatic carbocycles. The van der Waals surface area contributed by atoms with Gasteiger partial charge in [0, 0.05) is 17.6 Å². The normalized spacial score (nSPS) is 11.0. The van der Waals surface area contributed by atoms with Crippen LogP contribution in [-0.2, 0) is 18.4 Å². The van der Waals surface area contributed by atoms with Crippen molar-refractivity contribution in [3.05, 3.63) is 63.3 Å². The number of aryl methyl sites for hydroxylation is 1. The minimum absolute atomic E-state index is 0.172. The van der Waals surface area contributed by atoms with Gasteiger partial charge in [-0.25, -0.2) is 5.43 Å². The van der Waals surface area contributed by atoms with Crippen LogP contribution in [0.5, 0.6) is 11.5 Å². The SMILES string of the molecule is COc1cc(C=NNC(=O)CSc2nncn2C)cc(Br)c1OCc1ccccc1Cl. The monoisotopic (exact) mass is 523 g/mol. The number of amides is 1. The highest BCUT2D eigenvalue weighted by Crippen LogP contribution is 2.37. The maximum atomic E-state index is 12.0. The molecule has 0 aliphatic heterocycles. The first-order valence-corrected chi connectivity index (χ1v) is 11.2. The molecule has 0 spiro atoms. The zero-order chi connectivity index (χ0) is 22.2. The van der Waals surface area contributed by atoms with Gasteiger partial charge in [-0.1, -0.05) is 41.6 Å². The molecule has 31 heavy (non-hydrogen) atoms. The van der Waals surface area contributed by atoms with Crippen LogP contribution < -0.4 is 14.9 Å². The lowest BCUT2D eigenvalue weighted by Gasteiger charge is -2.14. The lowest BCUT2D eigenvalue weighted by Crippen LogP contribution is -2.19. The molecule has 162 valence electrons. The van der Waals surface area contributed by atoms with E-state index in [1.807, 2.05) is 37.4 Å². The molecule has 1 amide bonds. The lowest BCUT2D eigenvalue weighted by atomic mass is 10.2. The minimum atomic E-state index is -0.255. The van der Waals surface area contributed by atoms with Gasteiger partial charge in [-0.3, -0.25) is 4.79 Å². The predicted octanol–water partition coefficient (Wildman–Crippen LogP) is 4.06. The molecule has 0 aliphatic rings. The Kier molecular flexibility index (Phi) is 8.33. The van der Waals surface area contributed by atoms with Crippen molar-refractivity contribution in [1.82, 2.24) is 20.2 Å². The van der Waals surface area contributed by atoms with Gasteiger partial charge in [-0.05, 0) is 39.7 Å². The molecule has 0 atom stereocenters. The number of thioether (sulfide) groups is 1. The van der Waals surface area contributed by atoms with Gasteiger partial charge in [0.1, 0.15) is 12.9 Å². The molecule has 3 aromatic rings. The Bertz CT molecular complexity index is 1090. The molecule has 1 aromatic heterocycles. The smallest absolute Gasteiger partial charge is 0.250 e. The number of nitrogens with zero attached hydrogens (tertiary/aromatic N) is 4. The summed E-state index contributed by atoms with van der Waals surface area (Å²) in [5.74, 6) is 0.983. The summed E-state index contributed by atoms with van der Waals surface area (Å²) >= 11 is 11.0. The summed E-state index contributed by atoms with van der Waals surface area (Å²) < 4.78 is 13.8. The number of aromatic nitrogens is 3. The summed E-state index contributed by atoms with van der Waals surface area (Å²) in [6, 6.07) is 11.0. The van der Waals surface area contributed by atoms with E-state index in [4.69, 9.17) is 21.1 Å². The van der Waals surface area contributed by atoms with Crippen molar-refractivity contribution in [2.45, 2.75) is 11.8 Å². The van der Waals surface area contributed by atoms with Crippen LogP contribution >= 0.6 is 39.3 Å². The molecular weight excluding hydrogens is 506 g/mol. The second-order valence-electron chi connectivity index (χ2n) is 6.22. The molecule has 0 saturated heterocycles. The molecular formula is C20H19BrClN5O3S. The van der Waals surface area contributed by atoms with Crippen molar-refractivity contribution in [1.29, 1.82) is 0 Å². The van der Waals surface area contributed by atoms with Crippen LogP contribution in [0.25, 0.3) is 0 Å². The van der Waals surface area contributed by atoms with Crippen LogP contribution in [0.3, 0.4) is 0 Å². The summed E-state index contributed by atoms with van der Waals surface area (Å²) in [7, 11) is 3.36. The van der Waals surface area contributed by atoms with Crippen LogP contribution in [0.4, 0.5) is 0 Å². The molecule has 3 rings (SSSR count). The Hall–Kier alpha value is -2.56. The van der Waals surface area contributed by atoms with Crippen LogP contribution in [0, 0.1) is 0 Å². The molecule has 1 N–H and O–H groups in total. The van der Waals surface area contributed by atoms with Crippen LogP contribution in [-0.4, -0.2) is 39.7 Å². The molecule has 0 radical (unpaired) electrons. The van der Waals surface area contributed by atoms with Crippen molar-refractivity contribution in [2.24, 2.45) is 12.1 Å².